The molecule has 45 heavy (non-hydrogen) atoms. The number of halogens is 1. The van der Waals surface area contributed by atoms with E-state index >= 15 is 4.39 Å². The van der Waals surface area contributed by atoms with Gasteiger partial charge >= 0.3 is 0 Å². The van der Waals surface area contributed by atoms with Crippen LogP contribution in [0.3, 0.4) is 0 Å². The number of carbonyl (C=O) groups is 2. The minimum Gasteiger partial charge on any atom is -0.457 e. The van der Waals surface area contributed by atoms with E-state index in [4.69, 9.17) is 4.74 Å². The number of benzene rings is 2. The molecule has 1 aromatic heterocycles. The number of nitrogens with zero attached hydrogens (tertiary/aromatic N) is 4. The van der Waals surface area contributed by atoms with Gasteiger partial charge in [-0.1, -0.05) is 33.1 Å². The summed E-state index contributed by atoms with van der Waals surface area (Å²) in [7, 11) is 0. The number of piperidine rings is 1. The molecule has 0 bridgehead atoms. The predicted molar refractivity (Wildman–Crippen MR) is 171 cm³/mol. The summed E-state index contributed by atoms with van der Waals surface area (Å²) in [4.78, 5) is 30.3. The maximum Gasteiger partial charge on any atom is 0.254 e. The molecule has 2 saturated heterocycles. The van der Waals surface area contributed by atoms with Gasteiger partial charge in [0, 0.05) is 55.8 Å². The molecule has 2 aromatic carbocycles. The minimum atomic E-state index is -0.612. The lowest BCUT2D eigenvalue weighted by Gasteiger charge is -2.39. The number of aromatic nitrogens is 2. The van der Waals surface area contributed by atoms with Crippen LogP contribution in [-0.2, 0) is 17.8 Å². The number of hydrogen-bond donors (Lipinski definition) is 1. The summed E-state index contributed by atoms with van der Waals surface area (Å²) in [6, 6.07) is 14.8. The highest BCUT2D eigenvalue weighted by Gasteiger charge is 2.30. The van der Waals surface area contributed by atoms with Gasteiger partial charge in [0.1, 0.15) is 17.3 Å². The van der Waals surface area contributed by atoms with Crippen molar-refractivity contribution >= 4 is 11.8 Å². The molecule has 1 unspecified atom stereocenters. The van der Waals surface area contributed by atoms with Crippen LogP contribution in [0.2, 0.25) is 0 Å². The first-order chi connectivity index (χ1) is 21.9. The normalized spacial score (nSPS) is 20.0. The van der Waals surface area contributed by atoms with E-state index in [1.165, 1.54) is 44.2 Å². The van der Waals surface area contributed by atoms with E-state index in [2.05, 4.69) is 20.4 Å². The molecular formula is C36H44FN5O3. The molecule has 3 heterocycles. The second kappa shape index (κ2) is 14.1. The van der Waals surface area contributed by atoms with Gasteiger partial charge in [0.15, 0.2) is 0 Å². The zero-order chi connectivity index (χ0) is 31.3. The molecule has 1 aliphatic carbocycles. The maximum absolute atomic E-state index is 15.6. The second-order valence-electron chi connectivity index (χ2n) is 13.0. The highest BCUT2D eigenvalue weighted by molar-refractivity contribution is 5.95. The Morgan fingerprint density at radius 2 is 1.76 bits per heavy atom. The highest BCUT2D eigenvalue weighted by Crippen LogP contribution is 2.33. The summed E-state index contributed by atoms with van der Waals surface area (Å²) in [5.41, 5.74) is 3.05. The van der Waals surface area contributed by atoms with Gasteiger partial charge in [0.2, 0.25) is 5.91 Å². The summed E-state index contributed by atoms with van der Waals surface area (Å²) >= 11 is 0. The Morgan fingerprint density at radius 1 is 1.00 bits per heavy atom. The molecule has 3 fully saturated rings. The van der Waals surface area contributed by atoms with E-state index in [0.717, 1.165) is 49.3 Å². The van der Waals surface area contributed by atoms with Crippen LogP contribution in [0.5, 0.6) is 11.5 Å². The van der Waals surface area contributed by atoms with Crippen LogP contribution in [0, 0.1) is 11.7 Å². The fourth-order valence-corrected chi connectivity index (χ4v) is 6.96. The number of aryl methyl sites for hydroxylation is 1. The highest BCUT2D eigenvalue weighted by atomic mass is 19.1. The van der Waals surface area contributed by atoms with E-state index < -0.39 is 11.7 Å². The summed E-state index contributed by atoms with van der Waals surface area (Å²) in [5, 5.41) is 11.7. The molecule has 6 rings (SSSR count). The molecule has 3 aliphatic rings. The third-order valence-corrected chi connectivity index (χ3v) is 9.58. The Hall–Kier alpha value is -3.85. The molecule has 0 radical (unpaired) electrons. The van der Waals surface area contributed by atoms with Crippen LogP contribution < -0.4 is 10.1 Å². The summed E-state index contributed by atoms with van der Waals surface area (Å²) in [5.74, 6) is 0.125. The minimum absolute atomic E-state index is 0.00605. The number of ether oxygens (including phenoxy) is 1. The van der Waals surface area contributed by atoms with Crippen LogP contribution in [0.15, 0.2) is 48.5 Å². The van der Waals surface area contributed by atoms with Crippen molar-refractivity contribution in [2.24, 2.45) is 5.92 Å². The molecule has 238 valence electrons. The number of carbonyl (C=O) groups excluding carboxylic acids is 2. The largest absolute Gasteiger partial charge is 0.457 e. The maximum atomic E-state index is 15.6. The first-order valence-electron chi connectivity index (χ1n) is 16.6. The lowest BCUT2D eigenvalue weighted by atomic mass is 9.92. The van der Waals surface area contributed by atoms with Crippen molar-refractivity contribution in [3.8, 4) is 22.8 Å². The predicted octanol–water partition coefficient (Wildman–Crippen LogP) is 6.53. The van der Waals surface area contributed by atoms with Gasteiger partial charge in [-0.05, 0) is 86.6 Å². The van der Waals surface area contributed by atoms with Crippen molar-refractivity contribution in [2.75, 3.05) is 19.6 Å². The molecule has 3 aromatic rings. The molecule has 1 N–H and O–H groups in total. The molecule has 2 aliphatic heterocycles. The smallest absolute Gasteiger partial charge is 0.254 e. The van der Waals surface area contributed by atoms with E-state index in [0.29, 0.717) is 36.1 Å². The molecular weight excluding hydrogens is 569 g/mol. The number of amides is 2. The Labute approximate surface area is 265 Å². The van der Waals surface area contributed by atoms with Crippen molar-refractivity contribution in [1.29, 1.82) is 0 Å². The van der Waals surface area contributed by atoms with Gasteiger partial charge in [0.05, 0.1) is 17.0 Å². The van der Waals surface area contributed by atoms with Crippen LogP contribution in [-0.4, -0.2) is 63.5 Å². The monoisotopic (exact) mass is 613 g/mol. The third-order valence-electron chi connectivity index (χ3n) is 9.58. The first kappa shape index (κ1) is 31.1. The van der Waals surface area contributed by atoms with Crippen molar-refractivity contribution in [3.63, 3.8) is 0 Å². The van der Waals surface area contributed by atoms with Crippen LogP contribution >= 0.6 is 0 Å². The fraction of sp³-hybridized carbons (Fsp3) is 0.500. The zero-order valence-electron chi connectivity index (χ0n) is 26.4. The lowest BCUT2D eigenvalue weighted by molar-refractivity contribution is -0.128. The van der Waals surface area contributed by atoms with Crippen molar-refractivity contribution in [3.05, 3.63) is 71.2 Å². The van der Waals surface area contributed by atoms with Crippen LogP contribution in [0.25, 0.3) is 11.3 Å². The standard InChI is InChI=1S/C36H44FN5O3/c1-3-27-11-14-33(40-39-27)25-9-12-30(13-10-25)45-34-21-31(32(37)20-26(34)23-42-22-24(2)19-35(42)43)36(44)38-28-15-17-41(18-16-28)29-7-5-4-6-8-29/h9-14,20-21,24,28-29H,3-8,15-19,22-23H2,1-2H3,(H,38,44). The topological polar surface area (TPSA) is 87.7 Å². The average Bonchev–Trinajstić information content (AvgIpc) is 3.39. The Kier molecular flexibility index (Phi) is 9.73. The van der Waals surface area contributed by atoms with Gasteiger partial charge < -0.3 is 19.9 Å². The lowest BCUT2D eigenvalue weighted by Crippen LogP contribution is -2.48. The summed E-state index contributed by atoms with van der Waals surface area (Å²) < 4.78 is 21.9. The van der Waals surface area contributed by atoms with Gasteiger partial charge in [-0.2, -0.15) is 10.2 Å². The third kappa shape index (κ3) is 7.52. The number of nitrogens with one attached hydrogen (secondary N) is 1. The molecule has 1 saturated carbocycles. The number of rotatable bonds is 9. The van der Waals surface area contributed by atoms with Gasteiger partial charge in [-0.25, -0.2) is 4.39 Å². The first-order valence-corrected chi connectivity index (χ1v) is 16.6. The van der Waals surface area contributed by atoms with Crippen molar-refractivity contribution < 1.29 is 18.7 Å². The molecule has 0 spiro atoms. The van der Waals surface area contributed by atoms with E-state index in [1.807, 2.05) is 50.2 Å². The average molecular weight is 614 g/mol. The van der Waals surface area contributed by atoms with Gasteiger partial charge in [-0.15, -0.1) is 0 Å². The zero-order valence-corrected chi connectivity index (χ0v) is 26.4. The van der Waals surface area contributed by atoms with E-state index in [-0.39, 0.29) is 30.0 Å². The van der Waals surface area contributed by atoms with E-state index in [9.17, 15) is 9.59 Å². The SMILES string of the molecule is CCc1ccc(-c2ccc(Oc3cc(C(=O)NC4CCN(C5CCCCC5)CC4)c(F)cc3CN3CC(C)CC3=O)cc2)nn1. The molecule has 9 heteroatoms. The Balaban J connectivity index is 1.18. The quantitative estimate of drug-likeness (QED) is 0.295. The summed E-state index contributed by atoms with van der Waals surface area (Å²) in [6.07, 6.45) is 9.49. The number of likely N-dealkylation sites (tertiary alicyclic amines) is 2. The van der Waals surface area contributed by atoms with Crippen LogP contribution in [0.4, 0.5) is 4.39 Å². The number of hydrogen-bond acceptors (Lipinski definition) is 6. The van der Waals surface area contributed by atoms with E-state index in [1.54, 1.807) is 4.90 Å². The second-order valence-corrected chi connectivity index (χ2v) is 13.0. The Morgan fingerprint density at radius 3 is 2.40 bits per heavy atom. The van der Waals surface area contributed by atoms with Crippen molar-refractivity contribution in [1.82, 2.24) is 25.3 Å². The van der Waals surface area contributed by atoms with Crippen LogP contribution in [0.1, 0.15) is 86.8 Å². The summed E-state index contributed by atoms with van der Waals surface area (Å²) in [6.45, 7) is 6.80. The fourth-order valence-electron chi connectivity index (χ4n) is 6.96. The van der Waals surface area contributed by atoms with Gasteiger partial charge in [0.25, 0.3) is 5.91 Å². The molecule has 2 amide bonds. The molecule has 1 atom stereocenters. The van der Waals surface area contributed by atoms with Crippen molar-refractivity contribution in [2.45, 2.75) is 90.3 Å². The Bertz CT molecular complexity index is 1480. The molecule has 8 nitrogen and oxygen atoms in total. The van der Waals surface area contributed by atoms with Gasteiger partial charge in [-0.3, -0.25) is 9.59 Å².